The van der Waals surface area contributed by atoms with Crippen molar-refractivity contribution >= 4 is 29.2 Å². The molecule has 1 heterocycles. The predicted molar refractivity (Wildman–Crippen MR) is 97.6 cm³/mol. The van der Waals surface area contributed by atoms with E-state index in [0.29, 0.717) is 35.6 Å². The van der Waals surface area contributed by atoms with Crippen LogP contribution in [-0.2, 0) is 14.3 Å². The van der Waals surface area contributed by atoms with E-state index in [9.17, 15) is 9.59 Å². The summed E-state index contributed by atoms with van der Waals surface area (Å²) in [5.41, 5.74) is 0.694. The molecule has 1 saturated heterocycles. The minimum absolute atomic E-state index is 0.0647. The lowest BCUT2D eigenvalue weighted by molar-refractivity contribution is -0.146. The number of amides is 1. The van der Waals surface area contributed by atoms with E-state index in [0.717, 1.165) is 12.8 Å². The van der Waals surface area contributed by atoms with Gasteiger partial charge in [-0.15, -0.1) is 0 Å². The molecule has 3 atom stereocenters. The number of halogens is 1. The normalized spacial score (nSPS) is 26.1. The van der Waals surface area contributed by atoms with Crippen molar-refractivity contribution < 1.29 is 14.3 Å². The lowest BCUT2D eigenvalue weighted by Gasteiger charge is -2.33. The highest BCUT2D eigenvalue weighted by Gasteiger charge is 2.45. The van der Waals surface area contributed by atoms with Gasteiger partial charge in [-0.2, -0.15) is 0 Å². The van der Waals surface area contributed by atoms with Gasteiger partial charge in [0, 0.05) is 29.7 Å². The molecule has 0 aromatic heterocycles. The number of esters is 1. The molecule has 136 valence electrons. The number of carbonyl (C=O) groups excluding carboxylic acids is 2. The Morgan fingerprint density at radius 3 is 2.88 bits per heavy atom. The predicted octanol–water partition coefficient (Wildman–Crippen LogP) is 3.47. The van der Waals surface area contributed by atoms with Gasteiger partial charge in [-0.3, -0.25) is 14.5 Å². The van der Waals surface area contributed by atoms with Gasteiger partial charge in [0.2, 0.25) is 5.91 Å². The largest absolute Gasteiger partial charge is 0.468 e. The average molecular weight is 365 g/mol. The van der Waals surface area contributed by atoms with Crippen LogP contribution in [0.4, 0.5) is 5.69 Å². The zero-order valence-corrected chi connectivity index (χ0v) is 15.3. The summed E-state index contributed by atoms with van der Waals surface area (Å²) in [5, 5.41) is 3.46. The number of nitrogens with zero attached hydrogens (tertiary/aromatic N) is 1. The molecule has 3 rings (SSSR count). The van der Waals surface area contributed by atoms with Gasteiger partial charge >= 0.3 is 5.97 Å². The lowest BCUT2D eigenvalue weighted by atomic mass is 9.85. The van der Waals surface area contributed by atoms with Crippen LogP contribution in [0.15, 0.2) is 24.3 Å². The SMILES string of the molecule is COC(=O)C1CC2CCCCC2N1CCC(=O)Nc1cccc(Cl)c1. The first-order valence-corrected chi connectivity index (χ1v) is 9.35. The molecule has 1 N–H and O–H groups in total. The Bertz CT molecular complexity index is 637. The number of anilines is 1. The van der Waals surface area contributed by atoms with Crippen molar-refractivity contribution in [2.75, 3.05) is 19.0 Å². The number of rotatable bonds is 5. The molecular formula is C19H25ClN2O3. The fraction of sp³-hybridized carbons (Fsp3) is 0.579. The molecule has 0 bridgehead atoms. The number of methoxy groups -OCH3 is 1. The third-order valence-electron chi connectivity index (χ3n) is 5.40. The maximum absolute atomic E-state index is 12.3. The van der Waals surface area contributed by atoms with Crippen molar-refractivity contribution in [2.24, 2.45) is 5.92 Å². The van der Waals surface area contributed by atoms with E-state index in [2.05, 4.69) is 10.2 Å². The van der Waals surface area contributed by atoms with Gasteiger partial charge in [0.05, 0.1) is 7.11 Å². The van der Waals surface area contributed by atoms with E-state index >= 15 is 0 Å². The molecule has 6 heteroatoms. The first-order valence-electron chi connectivity index (χ1n) is 8.97. The highest BCUT2D eigenvalue weighted by molar-refractivity contribution is 6.30. The Morgan fingerprint density at radius 1 is 1.32 bits per heavy atom. The van der Waals surface area contributed by atoms with Crippen molar-refractivity contribution in [1.29, 1.82) is 0 Å². The van der Waals surface area contributed by atoms with Gasteiger partial charge in [-0.1, -0.05) is 30.5 Å². The molecule has 0 spiro atoms. The van der Waals surface area contributed by atoms with Gasteiger partial charge < -0.3 is 10.1 Å². The molecule has 1 aromatic rings. The summed E-state index contributed by atoms with van der Waals surface area (Å²) in [7, 11) is 1.44. The fourth-order valence-corrected chi connectivity index (χ4v) is 4.45. The van der Waals surface area contributed by atoms with Crippen molar-refractivity contribution in [3.05, 3.63) is 29.3 Å². The quantitative estimate of drug-likeness (QED) is 0.813. The average Bonchev–Trinajstić information content (AvgIpc) is 2.98. The number of hydrogen-bond acceptors (Lipinski definition) is 4. The van der Waals surface area contributed by atoms with Crippen molar-refractivity contribution in [2.45, 2.75) is 50.6 Å². The second-order valence-electron chi connectivity index (χ2n) is 6.93. The van der Waals surface area contributed by atoms with Crippen LogP contribution in [0.3, 0.4) is 0 Å². The molecule has 0 radical (unpaired) electrons. The summed E-state index contributed by atoms with van der Waals surface area (Å²) in [6.07, 6.45) is 5.91. The second-order valence-corrected chi connectivity index (χ2v) is 7.37. The van der Waals surface area contributed by atoms with Crippen molar-refractivity contribution in [3.63, 3.8) is 0 Å². The van der Waals surface area contributed by atoms with Crippen molar-refractivity contribution in [1.82, 2.24) is 4.90 Å². The molecule has 1 aromatic carbocycles. The fourth-order valence-electron chi connectivity index (χ4n) is 4.26. The summed E-state index contributed by atoms with van der Waals surface area (Å²) in [4.78, 5) is 26.7. The van der Waals surface area contributed by atoms with E-state index in [4.69, 9.17) is 16.3 Å². The number of likely N-dealkylation sites (tertiary alicyclic amines) is 1. The highest BCUT2D eigenvalue weighted by Crippen LogP contribution is 2.40. The molecular weight excluding hydrogens is 340 g/mol. The Labute approximate surface area is 153 Å². The van der Waals surface area contributed by atoms with Crippen LogP contribution in [0.25, 0.3) is 0 Å². The van der Waals surface area contributed by atoms with E-state index in [-0.39, 0.29) is 17.9 Å². The van der Waals surface area contributed by atoms with Gasteiger partial charge in [0.25, 0.3) is 0 Å². The van der Waals surface area contributed by atoms with Crippen LogP contribution in [0.5, 0.6) is 0 Å². The number of ether oxygens (including phenoxy) is 1. The minimum Gasteiger partial charge on any atom is -0.468 e. The van der Waals surface area contributed by atoms with Gasteiger partial charge in [-0.25, -0.2) is 0 Å². The molecule has 2 fully saturated rings. The molecule has 1 amide bonds. The summed E-state index contributed by atoms with van der Waals surface area (Å²) >= 11 is 5.94. The highest BCUT2D eigenvalue weighted by atomic mass is 35.5. The van der Waals surface area contributed by atoms with Crippen LogP contribution in [-0.4, -0.2) is 42.5 Å². The Kier molecular flexibility index (Phi) is 5.97. The monoisotopic (exact) mass is 364 g/mol. The first-order chi connectivity index (χ1) is 12.1. The van der Waals surface area contributed by atoms with E-state index < -0.39 is 0 Å². The molecule has 1 saturated carbocycles. The van der Waals surface area contributed by atoms with E-state index in [1.54, 1.807) is 18.2 Å². The van der Waals surface area contributed by atoms with Gasteiger partial charge in [0.15, 0.2) is 0 Å². The van der Waals surface area contributed by atoms with Gasteiger partial charge in [0.1, 0.15) is 6.04 Å². The number of nitrogens with one attached hydrogen (secondary N) is 1. The third kappa shape index (κ3) is 4.33. The standard InChI is InChI=1S/C19H25ClN2O3/c1-25-19(24)17-11-13-5-2-3-8-16(13)22(17)10-9-18(23)21-15-7-4-6-14(20)12-15/h4,6-7,12-13,16-17H,2-3,5,8-11H2,1H3,(H,21,23). The first kappa shape index (κ1) is 18.2. The molecule has 25 heavy (non-hydrogen) atoms. The number of hydrogen-bond donors (Lipinski definition) is 1. The zero-order chi connectivity index (χ0) is 17.8. The summed E-state index contributed by atoms with van der Waals surface area (Å²) in [5.74, 6) is 0.309. The lowest BCUT2D eigenvalue weighted by Crippen LogP contribution is -2.44. The Hall–Kier alpha value is -1.59. The summed E-state index contributed by atoms with van der Waals surface area (Å²) in [6.45, 7) is 0.577. The minimum atomic E-state index is -0.211. The molecule has 3 unspecified atom stereocenters. The number of fused-ring (bicyclic) bond motifs is 1. The number of benzene rings is 1. The van der Waals surface area contributed by atoms with Crippen LogP contribution in [0.1, 0.15) is 38.5 Å². The Morgan fingerprint density at radius 2 is 2.12 bits per heavy atom. The van der Waals surface area contributed by atoms with Crippen LogP contribution < -0.4 is 5.32 Å². The summed E-state index contributed by atoms with van der Waals surface area (Å²) in [6, 6.07) is 7.30. The second kappa shape index (κ2) is 8.19. The topological polar surface area (TPSA) is 58.6 Å². The van der Waals surface area contributed by atoms with E-state index in [1.807, 2.05) is 6.07 Å². The zero-order valence-electron chi connectivity index (χ0n) is 14.5. The van der Waals surface area contributed by atoms with Gasteiger partial charge in [-0.05, 0) is 43.4 Å². The van der Waals surface area contributed by atoms with Crippen LogP contribution in [0.2, 0.25) is 5.02 Å². The molecule has 2 aliphatic rings. The molecule has 5 nitrogen and oxygen atoms in total. The maximum atomic E-state index is 12.3. The van der Waals surface area contributed by atoms with Crippen LogP contribution >= 0.6 is 11.6 Å². The van der Waals surface area contributed by atoms with Crippen LogP contribution in [0, 0.1) is 5.92 Å². The van der Waals surface area contributed by atoms with Crippen molar-refractivity contribution in [3.8, 4) is 0 Å². The number of carbonyl (C=O) groups is 2. The Balaban J connectivity index is 1.60. The van der Waals surface area contributed by atoms with E-state index in [1.165, 1.54) is 26.4 Å². The maximum Gasteiger partial charge on any atom is 0.323 e. The molecule has 1 aliphatic carbocycles. The third-order valence-corrected chi connectivity index (χ3v) is 5.64. The smallest absolute Gasteiger partial charge is 0.323 e. The molecule has 1 aliphatic heterocycles. The summed E-state index contributed by atoms with van der Waals surface area (Å²) < 4.78 is 4.99.